The molecule has 1 aliphatic heterocycles. The maximum atomic E-state index is 10.4. The van der Waals surface area contributed by atoms with Crippen molar-refractivity contribution in [3.05, 3.63) is 0 Å². The van der Waals surface area contributed by atoms with Crippen LogP contribution in [0.25, 0.3) is 0 Å². The Morgan fingerprint density at radius 1 is 1.62 bits per heavy atom. The van der Waals surface area contributed by atoms with Gasteiger partial charge in [0.05, 0.1) is 12.2 Å². The van der Waals surface area contributed by atoms with Gasteiger partial charge in [0.25, 0.3) is 0 Å². The number of ether oxygens (including phenoxy) is 2. The summed E-state index contributed by atoms with van der Waals surface area (Å²) in [5.41, 5.74) is 4.79. The first-order valence-corrected chi connectivity index (χ1v) is 3.98. The van der Waals surface area contributed by atoms with Crippen LogP contribution in [0.5, 0.6) is 0 Å². The highest BCUT2D eigenvalue weighted by Crippen LogP contribution is 2.21. The van der Waals surface area contributed by atoms with Crippen molar-refractivity contribution >= 4 is 6.09 Å². The standard InChI is InChI=1S/C7H13NO5/c1-3-6(13-7(8)11)4(9)2-5(10)12-3/h3-6,9-10H,2H2,1H3,(H2,8,11)/t3-,4-,5?,6-/m1/s1. The van der Waals surface area contributed by atoms with Crippen LogP contribution in [0.15, 0.2) is 0 Å². The normalized spacial score (nSPS) is 39.9. The van der Waals surface area contributed by atoms with Crippen LogP contribution in [-0.2, 0) is 9.47 Å². The average molecular weight is 191 g/mol. The van der Waals surface area contributed by atoms with Crippen LogP contribution in [0.4, 0.5) is 4.79 Å². The molecular weight excluding hydrogens is 178 g/mol. The fraction of sp³-hybridized carbons (Fsp3) is 0.857. The minimum Gasteiger partial charge on any atom is -0.441 e. The fourth-order valence-electron chi connectivity index (χ4n) is 1.34. The molecule has 0 saturated carbocycles. The van der Waals surface area contributed by atoms with Gasteiger partial charge < -0.3 is 25.4 Å². The lowest BCUT2D eigenvalue weighted by atomic mass is 10.0. The molecule has 0 aromatic rings. The molecule has 0 spiro atoms. The number of primary amides is 1. The number of hydrogen-bond acceptors (Lipinski definition) is 5. The first kappa shape index (κ1) is 10.2. The van der Waals surface area contributed by atoms with E-state index in [-0.39, 0.29) is 6.42 Å². The van der Waals surface area contributed by atoms with Crippen LogP contribution >= 0.6 is 0 Å². The molecule has 1 saturated heterocycles. The molecule has 0 radical (unpaired) electrons. The quantitative estimate of drug-likeness (QED) is 0.490. The molecule has 0 aromatic carbocycles. The highest BCUT2D eigenvalue weighted by Gasteiger charge is 2.37. The zero-order chi connectivity index (χ0) is 10.0. The Morgan fingerprint density at radius 2 is 2.23 bits per heavy atom. The van der Waals surface area contributed by atoms with Gasteiger partial charge in [-0.05, 0) is 6.92 Å². The molecule has 4 atom stereocenters. The Bertz CT molecular complexity index is 185. The molecule has 0 bridgehead atoms. The average Bonchev–Trinajstić information content (AvgIpc) is 1.96. The topological polar surface area (TPSA) is 102 Å². The summed E-state index contributed by atoms with van der Waals surface area (Å²) in [7, 11) is 0. The van der Waals surface area contributed by atoms with Crippen LogP contribution < -0.4 is 5.73 Å². The summed E-state index contributed by atoms with van der Waals surface area (Å²) >= 11 is 0. The summed E-state index contributed by atoms with van der Waals surface area (Å²) in [6, 6.07) is 0. The van der Waals surface area contributed by atoms with E-state index in [1.165, 1.54) is 0 Å². The number of carbonyl (C=O) groups is 1. The Labute approximate surface area is 75.2 Å². The number of rotatable bonds is 1. The lowest BCUT2D eigenvalue weighted by Gasteiger charge is -2.34. The molecule has 1 heterocycles. The highest BCUT2D eigenvalue weighted by atomic mass is 16.6. The van der Waals surface area contributed by atoms with E-state index in [4.69, 9.17) is 15.6 Å². The second kappa shape index (κ2) is 3.91. The molecular formula is C7H13NO5. The van der Waals surface area contributed by atoms with Gasteiger partial charge in [-0.15, -0.1) is 0 Å². The van der Waals surface area contributed by atoms with Crippen molar-refractivity contribution in [2.75, 3.05) is 0 Å². The molecule has 0 aromatic heterocycles. The molecule has 0 aliphatic carbocycles. The van der Waals surface area contributed by atoms with Crippen LogP contribution in [0, 0.1) is 0 Å². The Kier molecular flexibility index (Phi) is 3.07. The highest BCUT2D eigenvalue weighted by molar-refractivity contribution is 5.64. The third-order valence-corrected chi connectivity index (χ3v) is 1.91. The SMILES string of the molecule is C[C@H]1OC(O)C[C@@H](O)[C@@H]1OC(N)=O. The van der Waals surface area contributed by atoms with Crippen molar-refractivity contribution in [2.45, 2.75) is 37.9 Å². The van der Waals surface area contributed by atoms with E-state index < -0.39 is 30.7 Å². The Morgan fingerprint density at radius 3 is 2.69 bits per heavy atom. The van der Waals surface area contributed by atoms with Gasteiger partial charge in [0.2, 0.25) is 0 Å². The summed E-state index contributed by atoms with van der Waals surface area (Å²) in [4.78, 5) is 10.4. The first-order chi connectivity index (χ1) is 6.00. The lowest BCUT2D eigenvalue weighted by molar-refractivity contribution is -0.225. The molecule has 6 nitrogen and oxygen atoms in total. The van der Waals surface area contributed by atoms with Gasteiger partial charge in [0.1, 0.15) is 0 Å². The van der Waals surface area contributed by atoms with Gasteiger partial charge in [0.15, 0.2) is 12.4 Å². The molecule has 1 aliphatic rings. The van der Waals surface area contributed by atoms with Crippen LogP contribution in [0.2, 0.25) is 0 Å². The van der Waals surface area contributed by atoms with Crippen LogP contribution in [-0.4, -0.2) is 40.9 Å². The largest absolute Gasteiger partial charge is 0.441 e. The molecule has 6 heteroatoms. The van der Waals surface area contributed by atoms with Gasteiger partial charge in [-0.25, -0.2) is 4.79 Å². The Balaban J connectivity index is 2.56. The second-order valence-corrected chi connectivity index (χ2v) is 3.00. The third-order valence-electron chi connectivity index (χ3n) is 1.91. The smallest absolute Gasteiger partial charge is 0.404 e. The van der Waals surface area contributed by atoms with Gasteiger partial charge in [-0.2, -0.15) is 0 Å². The molecule has 1 amide bonds. The zero-order valence-corrected chi connectivity index (χ0v) is 7.21. The van der Waals surface area contributed by atoms with Crippen molar-refractivity contribution in [3.63, 3.8) is 0 Å². The summed E-state index contributed by atoms with van der Waals surface area (Å²) in [5, 5.41) is 18.4. The third kappa shape index (κ3) is 2.55. The first-order valence-electron chi connectivity index (χ1n) is 3.98. The van der Waals surface area contributed by atoms with E-state index in [1.54, 1.807) is 6.92 Å². The van der Waals surface area contributed by atoms with Crippen molar-refractivity contribution in [1.82, 2.24) is 0 Å². The monoisotopic (exact) mass is 191 g/mol. The molecule has 1 rings (SSSR count). The second-order valence-electron chi connectivity index (χ2n) is 3.00. The number of amides is 1. The number of carbonyl (C=O) groups excluding carboxylic acids is 1. The molecule has 13 heavy (non-hydrogen) atoms. The molecule has 1 unspecified atom stereocenters. The maximum Gasteiger partial charge on any atom is 0.404 e. The zero-order valence-electron chi connectivity index (χ0n) is 7.21. The van der Waals surface area contributed by atoms with Crippen LogP contribution in [0.1, 0.15) is 13.3 Å². The predicted octanol–water partition coefficient (Wildman–Crippen LogP) is -1.06. The van der Waals surface area contributed by atoms with E-state index in [9.17, 15) is 9.90 Å². The maximum absolute atomic E-state index is 10.4. The van der Waals surface area contributed by atoms with Crippen LogP contribution in [0.3, 0.4) is 0 Å². The van der Waals surface area contributed by atoms with Gasteiger partial charge in [-0.3, -0.25) is 0 Å². The van der Waals surface area contributed by atoms with E-state index in [0.29, 0.717) is 0 Å². The van der Waals surface area contributed by atoms with Crippen molar-refractivity contribution in [2.24, 2.45) is 5.73 Å². The number of aliphatic hydroxyl groups is 2. The van der Waals surface area contributed by atoms with Gasteiger partial charge in [0, 0.05) is 6.42 Å². The van der Waals surface area contributed by atoms with Gasteiger partial charge in [-0.1, -0.05) is 0 Å². The summed E-state index contributed by atoms with van der Waals surface area (Å²) in [6.45, 7) is 1.58. The Hall–Kier alpha value is -0.850. The number of aliphatic hydroxyl groups excluding tert-OH is 2. The lowest BCUT2D eigenvalue weighted by Crippen LogP contribution is -2.49. The number of nitrogens with two attached hydrogens (primary N) is 1. The minimum absolute atomic E-state index is 0.0162. The predicted molar refractivity (Wildman–Crippen MR) is 41.6 cm³/mol. The van der Waals surface area contributed by atoms with E-state index in [0.717, 1.165) is 0 Å². The fourth-order valence-corrected chi connectivity index (χ4v) is 1.34. The molecule has 1 fully saturated rings. The van der Waals surface area contributed by atoms with E-state index in [1.807, 2.05) is 0 Å². The summed E-state index contributed by atoms with van der Waals surface area (Å²) in [6.07, 6.45) is -4.27. The molecule has 76 valence electrons. The summed E-state index contributed by atoms with van der Waals surface area (Å²) < 4.78 is 9.55. The minimum atomic E-state index is -1.02. The van der Waals surface area contributed by atoms with Gasteiger partial charge >= 0.3 is 6.09 Å². The number of hydrogen-bond donors (Lipinski definition) is 3. The van der Waals surface area contributed by atoms with Crippen molar-refractivity contribution < 1.29 is 24.5 Å². The van der Waals surface area contributed by atoms with E-state index >= 15 is 0 Å². The van der Waals surface area contributed by atoms with Crippen molar-refractivity contribution in [3.8, 4) is 0 Å². The molecule has 4 N–H and O–H groups in total. The van der Waals surface area contributed by atoms with Crippen molar-refractivity contribution in [1.29, 1.82) is 0 Å². The van der Waals surface area contributed by atoms with E-state index in [2.05, 4.69) is 4.74 Å². The summed E-state index contributed by atoms with van der Waals surface area (Å²) in [5.74, 6) is 0.